The van der Waals surface area contributed by atoms with Crippen LogP contribution in [-0.2, 0) is 6.42 Å². The molecule has 0 aliphatic heterocycles. The highest BCUT2D eigenvalue weighted by molar-refractivity contribution is 5.64. The number of ether oxygens (including phenoxy) is 1. The van der Waals surface area contributed by atoms with Crippen molar-refractivity contribution < 1.29 is 4.74 Å². The highest BCUT2D eigenvalue weighted by atomic mass is 16.5. The molecule has 0 aromatic heterocycles. The minimum atomic E-state index is 0.685. The monoisotopic (exact) mass is 289 g/mol. The number of nitrogens with two attached hydrogens (primary N) is 1. The first kappa shape index (κ1) is 14.4. The van der Waals surface area contributed by atoms with E-state index in [1.807, 2.05) is 42.5 Å². The van der Waals surface area contributed by atoms with Crippen molar-refractivity contribution in [3.63, 3.8) is 0 Å². The summed E-state index contributed by atoms with van der Waals surface area (Å²) in [5.41, 5.74) is 9.23. The van der Waals surface area contributed by atoms with Gasteiger partial charge >= 0.3 is 0 Å². The molecule has 0 saturated heterocycles. The molecular formula is C20H19NO. The molecule has 0 bridgehead atoms. The fourth-order valence-corrected chi connectivity index (χ4v) is 2.37. The van der Waals surface area contributed by atoms with Crippen LogP contribution in [0.1, 0.15) is 5.56 Å². The zero-order valence-corrected chi connectivity index (χ0v) is 12.4. The fourth-order valence-electron chi connectivity index (χ4n) is 2.37. The Kier molecular flexibility index (Phi) is 4.52. The van der Waals surface area contributed by atoms with Crippen LogP contribution in [0.3, 0.4) is 0 Å². The molecule has 0 heterocycles. The van der Waals surface area contributed by atoms with E-state index in [0.717, 1.165) is 17.9 Å². The van der Waals surface area contributed by atoms with Gasteiger partial charge in [0.1, 0.15) is 11.5 Å². The lowest BCUT2D eigenvalue weighted by Crippen LogP contribution is -2.02. The Balaban J connectivity index is 1.73. The summed E-state index contributed by atoms with van der Waals surface area (Å²) in [6.07, 6.45) is 0.921. The molecule has 0 unspecified atom stereocenters. The van der Waals surface area contributed by atoms with Gasteiger partial charge in [-0.25, -0.2) is 0 Å². The van der Waals surface area contributed by atoms with Gasteiger partial charge in [-0.2, -0.15) is 0 Å². The van der Waals surface area contributed by atoms with Crippen LogP contribution in [0.2, 0.25) is 0 Å². The van der Waals surface area contributed by atoms with Gasteiger partial charge in [0.15, 0.2) is 0 Å². The lowest BCUT2D eigenvalue weighted by atomic mass is 10.0. The molecule has 0 atom stereocenters. The third kappa shape index (κ3) is 3.54. The zero-order chi connectivity index (χ0) is 15.2. The van der Waals surface area contributed by atoms with Crippen LogP contribution in [0.25, 0.3) is 11.1 Å². The molecule has 0 aliphatic rings. The summed E-state index contributed by atoms with van der Waals surface area (Å²) in [5.74, 6) is 1.69. The van der Waals surface area contributed by atoms with Gasteiger partial charge in [-0.15, -0.1) is 0 Å². The van der Waals surface area contributed by atoms with E-state index in [1.54, 1.807) is 0 Å². The third-order valence-corrected chi connectivity index (χ3v) is 3.55. The smallest absolute Gasteiger partial charge is 0.127 e. The van der Waals surface area contributed by atoms with Crippen molar-refractivity contribution in [2.75, 3.05) is 6.54 Å². The van der Waals surface area contributed by atoms with E-state index in [4.69, 9.17) is 10.5 Å². The summed E-state index contributed by atoms with van der Waals surface area (Å²) in [6, 6.07) is 26.5. The molecular weight excluding hydrogens is 270 g/mol. The first-order valence-electron chi connectivity index (χ1n) is 7.47. The van der Waals surface area contributed by atoms with Gasteiger partial charge in [0.2, 0.25) is 0 Å². The van der Waals surface area contributed by atoms with Crippen LogP contribution in [0.15, 0.2) is 78.9 Å². The van der Waals surface area contributed by atoms with Crippen LogP contribution in [0.4, 0.5) is 0 Å². The Morgan fingerprint density at radius 3 is 1.77 bits per heavy atom. The van der Waals surface area contributed by atoms with Gasteiger partial charge < -0.3 is 10.5 Å². The molecule has 3 rings (SSSR count). The highest BCUT2D eigenvalue weighted by Crippen LogP contribution is 2.25. The standard InChI is InChI=1S/C20H19NO/c21-15-14-16-6-8-17(9-7-16)18-10-12-20(13-11-18)22-19-4-2-1-3-5-19/h1-13H,14-15,21H2. The van der Waals surface area contributed by atoms with E-state index in [1.165, 1.54) is 16.7 Å². The Morgan fingerprint density at radius 2 is 1.18 bits per heavy atom. The highest BCUT2D eigenvalue weighted by Gasteiger charge is 2.00. The van der Waals surface area contributed by atoms with Gasteiger partial charge in [-0.05, 0) is 53.9 Å². The first-order valence-corrected chi connectivity index (χ1v) is 7.47. The van der Waals surface area contributed by atoms with E-state index in [9.17, 15) is 0 Å². The van der Waals surface area contributed by atoms with Gasteiger partial charge in [0.05, 0.1) is 0 Å². The largest absolute Gasteiger partial charge is 0.457 e. The van der Waals surface area contributed by atoms with Crippen LogP contribution < -0.4 is 10.5 Å². The van der Waals surface area contributed by atoms with E-state index in [0.29, 0.717) is 6.54 Å². The maximum Gasteiger partial charge on any atom is 0.127 e. The molecule has 2 heteroatoms. The lowest BCUT2D eigenvalue weighted by molar-refractivity contribution is 0.483. The Labute approximate surface area is 131 Å². The second-order valence-corrected chi connectivity index (χ2v) is 5.18. The van der Waals surface area contributed by atoms with E-state index < -0.39 is 0 Å². The van der Waals surface area contributed by atoms with Crippen LogP contribution in [0, 0.1) is 0 Å². The minimum absolute atomic E-state index is 0.685. The number of rotatable bonds is 5. The number of para-hydroxylation sites is 1. The average Bonchev–Trinajstić information content (AvgIpc) is 2.58. The maximum atomic E-state index is 5.81. The predicted molar refractivity (Wildman–Crippen MR) is 91.2 cm³/mol. The van der Waals surface area contributed by atoms with Crippen molar-refractivity contribution in [3.05, 3.63) is 84.4 Å². The Bertz CT molecular complexity index is 703. The van der Waals surface area contributed by atoms with Crippen LogP contribution in [0.5, 0.6) is 11.5 Å². The SMILES string of the molecule is NCCc1ccc(-c2ccc(Oc3ccccc3)cc2)cc1. The van der Waals surface area contributed by atoms with Crippen molar-refractivity contribution in [2.24, 2.45) is 5.73 Å². The molecule has 0 spiro atoms. The van der Waals surface area contributed by atoms with Crippen LogP contribution in [-0.4, -0.2) is 6.54 Å². The first-order chi connectivity index (χ1) is 10.8. The summed E-state index contributed by atoms with van der Waals surface area (Å²) < 4.78 is 5.81. The Morgan fingerprint density at radius 1 is 0.636 bits per heavy atom. The average molecular weight is 289 g/mol. The van der Waals surface area contributed by atoms with Crippen molar-refractivity contribution in [2.45, 2.75) is 6.42 Å². The number of hydrogen-bond donors (Lipinski definition) is 1. The summed E-state index contributed by atoms with van der Waals surface area (Å²) in [4.78, 5) is 0. The van der Waals surface area contributed by atoms with Crippen molar-refractivity contribution in [1.29, 1.82) is 0 Å². The summed E-state index contributed by atoms with van der Waals surface area (Å²) >= 11 is 0. The lowest BCUT2D eigenvalue weighted by Gasteiger charge is -2.07. The van der Waals surface area contributed by atoms with Gasteiger partial charge in [0, 0.05) is 0 Å². The molecule has 0 fully saturated rings. The van der Waals surface area contributed by atoms with Crippen molar-refractivity contribution in [1.82, 2.24) is 0 Å². The quantitative estimate of drug-likeness (QED) is 0.742. The summed E-state index contributed by atoms with van der Waals surface area (Å²) in [5, 5.41) is 0. The van der Waals surface area contributed by atoms with Crippen LogP contribution >= 0.6 is 0 Å². The van der Waals surface area contributed by atoms with E-state index >= 15 is 0 Å². The fraction of sp³-hybridized carbons (Fsp3) is 0.100. The summed E-state index contributed by atoms with van der Waals surface area (Å²) in [6.45, 7) is 0.685. The molecule has 0 aliphatic carbocycles. The van der Waals surface area contributed by atoms with Gasteiger partial charge in [-0.1, -0.05) is 54.6 Å². The second-order valence-electron chi connectivity index (χ2n) is 5.18. The molecule has 0 amide bonds. The molecule has 2 N–H and O–H groups in total. The topological polar surface area (TPSA) is 35.2 Å². The number of benzene rings is 3. The Hall–Kier alpha value is -2.58. The zero-order valence-electron chi connectivity index (χ0n) is 12.4. The van der Waals surface area contributed by atoms with E-state index in [-0.39, 0.29) is 0 Å². The normalized spacial score (nSPS) is 10.4. The summed E-state index contributed by atoms with van der Waals surface area (Å²) in [7, 11) is 0. The third-order valence-electron chi connectivity index (χ3n) is 3.55. The second kappa shape index (κ2) is 6.92. The van der Waals surface area contributed by atoms with Crippen molar-refractivity contribution >= 4 is 0 Å². The van der Waals surface area contributed by atoms with Gasteiger partial charge in [0.25, 0.3) is 0 Å². The maximum absolute atomic E-state index is 5.81. The molecule has 0 radical (unpaired) electrons. The number of hydrogen-bond acceptors (Lipinski definition) is 2. The molecule has 3 aromatic rings. The van der Waals surface area contributed by atoms with E-state index in [2.05, 4.69) is 36.4 Å². The molecule has 0 saturated carbocycles. The predicted octanol–water partition coefficient (Wildman–Crippen LogP) is 4.65. The molecule has 110 valence electrons. The van der Waals surface area contributed by atoms with Gasteiger partial charge in [-0.3, -0.25) is 0 Å². The molecule has 22 heavy (non-hydrogen) atoms. The molecule has 2 nitrogen and oxygen atoms in total. The van der Waals surface area contributed by atoms with Crippen molar-refractivity contribution in [3.8, 4) is 22.6 Å². The molecule has 3 aromatic carbocycles. The minimum Gasteiger partial charge on any atom is -0.457 e.